The fraction of sp³-hybridized carbons (Fsp3) is 0.500. The van der Waals surface area contributed by atoms with Crippen LogP contribution in [0.3, 0.4) is 0 Å². The van der Waals surface area contributed by atoms with Crippen molar-refractivity contribution in [3.8, 4) is 0 Å². The predicted molar refractivity (Wildman–Crippen MR) is 107 cm³/mol. The maximum absolute atomic E-state index is 12.9. The van der Waals surface area contributed by atoms with Crippen molar-refractivity contribution in [1.82, 2.24) is 14.9 Å². The molecule has 1 aromatic heterocycles. The fourth-order valence-electron chi connectivity index (χ4n) is 5.61. The Balaban J connectivity index is 1.48. The molecule has 3 fully saturated rings. The van der Waals surface area contributed by atoms with Gasteiger partial charge in [-0.1, -0.05) is 30.3 Å². The van der Waals surface area contributed by atoms with E-state index in [0.29, 0.717) is 30.2 Å². The Morgan fingerprint density at radius 1 is 1.11 bits per heavy atom. The van der Waals surface area contributed by atoms with Gasteiger partial charge in [-0.3, -0.25) is 9.59 Å². The number of amides is 1. The van der Waals surface area contributed by atoms with E-state index in [4.69, 9.17) is 0 Å². The van der Waals surface area contributed by atoms with Crippen LogP contribution in [-0.2, 0) is 11.2 Å². The van der Waals surface area contributed by atoms with Gasteiger partial charge in [-0.05, 0) is 43.1 Å². The third kappa shape index (κ3) is 3.11. The molecule has 0 saturated carbocycles. The number of rotatable bonds is 3. The van der Waals surface area contributed by atoms with Crippen LogP contribution in [0.25, 0.3) is 0 Å². The molecule has 1 amide bonds. The molecule has 2 aromatic rings. The number of aromatic amines is 1. The van der Waals surface area contributed by atoms with Crippen LogP contribution in [0.4, 0.5) is 5.82 Å². The van der Waals surface area contributed by atoms with Crippen LogP contribution in [0.2, 0.25) is 0 Å². The van der Waals surface area contributed by atoms with E-state index in [-0.39, 0.29) is 11.6 Å². The molecule has 6 nitrogen and oxygen atoms in total. The second-order valence-electron chi connectivity index (χ2n) is 8.45. The van der Waals surface area contributed by atoms with E-state index < -0.39 is 0 Å². The number of anilines is 1. The molecule has 1 N–H and O–H groups in total. The maximum atomic E-state index is 12.9. The van der Waals surface area contributed by atoms with Gasteiger partial charge in [-0.15, -0.1) is 0 Å². The monoisotopic (exact) mass is 378 g/mol. The molecule has 2 bridgehead atoms. The Morgan fingerprint density at radius 3 is 2.75 bits per heavy atom. The highest BCUT2D eigenvalue weighted by atomic mass is 16.2. The van der Waals surface area contributed by atoms with Crippen molar-refractivity contribution in [1.29, 1.82) is 0 Å². The maximum Gasteiger partial charge on any atom is 0.252 e. The summed E-state index contributed by atoms with van der Waals surface area (Å²) in [7, 11) is 0. The standard InChI is InChI=1S/C22H26N4O2/c27-21-11-20(23-14-24-21)25-12-16-10-17(13-25)19(9-15-5-2-1-3-6-15)26-18(16)7-4-8-22(26)28/h1-3,5-6,11,14,16-19H,4,7-10,12-13H2,(H,23,24,27)/t16-,17+,18+,19+/m1/s1. The average Bonchev–Trinajstić information content (AvgIpc) is 2.72. The van der Waals surface area contributed by atoms with E-state index >= 15 is 0 Å². The number of carbonyl (C=O) groups is 1. The average molecular weight is 378 g/mol. The van der Waals surface area contributed by atoms with E-state index in [1.807, 2.05) is 6.07 Å². The smallest absolute Gasteiger partial charge is 0.252 e. The van der Waals surface area contributed by atoms with Gasteiger partial charge in [-0.2, -0.15) is 0 Å². The fourth-order valence-corrected chi connectivity index (χ4v) is 5.61. The lowest BCUT2D eigenvalue weighted by atomic mass is 9.71. The Kier molecular flexibility index (Phi) is 4.41. The number of H-pyrrole nitrogens is 1. The summed E-state index contributed by atoms with van der Waals surface area (Å²) in [5.41, 5.74) is 1.17. The normalized spacial score (nSPS) is 29.5. The summed E-state index contributed by atoms with van der Waals surface area (Å²) >= 11 is 0. The zero-order valence-electron chi connectivity index (χ0n) is 16.0. The molecule has 0 aliphatic carbocycles. The Labute approximate surface area is 164 Å². The Bertz CT molecular complexity index is 912. The van der Waals surface area contributed by atoms with E-state index in [2.05, 4.69) is 44.0 Å². The largest absolute Gasteiger partial charge is 0.356 e. The van der Waals surface area contributed by atoms with Gasteiger partial charge in [-0.25, -0.2) is 4.98 Å². The first-order valence-electron chi connectivity index (χ1n) is 10.3. The van der Waals surface area contributed by atoms with Crippen molar-refractivity contribution in [2.75, 3.05) is 18.0 Å². The Morgan fingerprint density at radius 2 is 1.93 bits per heavy atom. The van der Waals surface area contributed by atoms with Crippen molar-refractivity contribution < 1.29 is 4.79 Å². The number of hydrogen-bond donors (Lipinski definition) is 1. The molecular weight excluding hydrogens is 352 g/mol. The second-order valence-corrected chi connectivity index (χ2v) is 8.45. The molecule has 0 radical (unpaired) electrons. The highest BCUT2D eigenvalue weighted by Crippen LogP contribution is 2.43. The minimum Gasteiger partial charge on any atom is -0.356 e. The van der Waals surface area contributed by atoms with Crippen molar-refractivity contribution in [3.05, 3.63) is 58.6 Å². The number of piperidine rings is 3. The second kappa shape index (κ2) is 7.08. The number of carbonyl (C=O) groups excluding carboxylic acids is 1. The molecular formula is C22H26N4O2. The van der Waals surface area contributed by atoms with Crippen molar-refractivity contribution in [3.63, 3.8) is 0 Å². The third-order valence-electron chi connectivity index (χ3n) is 6.77. The molecule has 0 spiro atoms. The first-order chi connectivity index (χ1) is 13.7. The predicted octanol–water partition coefficient (Wildman–Crippen LogP) is 2.22. The van der Waals surface area contributed by atoms with E-state index in [1.165, 1.54) is 11.9 Å². The topological polar surface area (TPSA) is 69.3 Å². The molecule has 5 rings (SSSR count). The lowest BCUT2D eigenvalue weighted by Gasteiger charge is -2.57. The van der Waals surface area contributed by atoms with Crippen LogP contribution < -0.4 is 10.5 Å². The third-order valence-corrected chi connectivity index (χ3v) is 6.77. The number of aromatic nitrogens is 2. The van der Waals surface area contributed by atoms with Gasteiger partial charge in [0, 0.05) is 37.7 Å². The van der Waals surface area contributed by atoms with Gasteiger partial charge in [0.1, 0.15) is 5.82 Å². The highest BCUT2D eigenvalue weighted by Gasteiger charge is 2.49. The quantitative estimate of drug-likeness (QED) is 0.889. The van der Waals surface area contributed by atoms with Crippen LogP contribution >= 0.6 is 0 Å². The summed E-state index contributed by atoms with van der Waals surface area (Å²) in [6, 6.07) is 12.6. The molecule has 1 aromatic carbocycles. The molecule has 4 atom stereocenters. The van der Waals surface area contributed by atoms with Crippen LogP contribution in [0, 0.1) is 11.8 Å². The summed E-state index contributed by atoms with van der Waals surface area (Å²) in [5, 5.41) is 0. The van der Waals surface area contributed by atoms with Crippen LogP contribution in [-0.4, -0.2) is 45.9 Å². The number of nitrogens with zero attached hydrogens (tertiary/aromatic N) is 3. The summed E-state index contributed by atoms with van der Waals surface area (Å²) < 4.78 is 0. The highest BCUT2D eigenvalue weighted by molar-refractivity contribution is 5.78. The SMILES string of the molecule is O=C1CCC[C@H]2[C@@H]3C[C@@H](CN(c4cc(=O)[nH]cn4)C3)[C@H](Cc3ccccc3)N12. The zero-order valence-corrected chi connectivity index (χ0v) is 16.0. The first kappa shape index (κ1) is 17.5. The first-order valence-corrected chi connectivity index (χ1v) is 10.3. The Hall–Kier alpha value is -2.63. The number of benzene rings is 1. The number of nitrogens with one attached hydrogen (secondary N) is 1. The lowest BCUT2D eigenvalue weighted by Crippen LogP contribution is -2.65. The van der Waals surface area contributed by atoms with Gasteiger partial charge in [0.2, 0.25) is 5.91 Å². The molecule has 28 heavy (non-hydrogen) atoms. The van der Waals surface area contributed by atoms with Gasteiger partial charge >= 0.3 is 0 Å². The molecule has 6 heteroatoms. The molecule has 3 saturated heterocycles. The molecule has 4 heterocycles. The summed E-state index contributed by atoms with van der Waals surface area (Å²) in [4.78, 5) is 36.2. The van der Waals surface area contributed by atoms with E-state index in [1.54, 1.807) is 6.07 Å². The van der Waals surface area contributed by atoms with Crippen molar-refractivity contribution >= 4 is 11.7 Å². The number of hydrogen-bond acceptors (Lipinski definition) is 4. The van der Waals surface area contributed by atoms with E-state index in [0.717, 1.165) is 44.6 Å². The van der Waals surface area contributed by atoms with Gasteiger partial charge in [0.05, 0.1) is 6.33 Å². The van der Waals surface area contributed by atoms with Gasteiger partial charge < -0.3 is 14.8 Å². The minimum atomic E-state index is -0.115. The summed E-state index contributed by atoms with van der Waals surface area (Å²) in [6.07, 6.45) is 6.30. The lowest BCUT2D eigenvalue weighted by molar-refractivity contribution is -0.148. The zero-order chi connectivity index (χ0) is 19.1. The number of fused-ring (bicyclic) bond motifs is 4. The van der Waals surface area contributed by atoms with Gasteiger partial charge in [0.25, 0.3) is 5.56 Å². The molecule has 0 unspecified atom stereocenters. The van der Waals surface area contributed by atoms with Crippen molar-refractivity contribution in [2.24, 2.45) is 11.8 Å². The molecule has 146 valence electrons. The van der Waals surface area contributed by atoms with Crippen LogP contribution in [0.5, 0.6) is 0 Å². The molecule has 3 aliphatic rings. The van der Waals surface area contributed by atoms with Crippen molar-refractivity contribution in [2.45, 2.75) is 44.2 Å². The molecule has 3 aliphatic heterocycles. The van der Waals surface area contributed by atoms with Crippen LogP contribution in [0.15, 0.2) is 47.5 Å². The minimum absolute atomic E-state index is 0.115. The summed E-state index contributed by atoms with van der Waals surface area (Å²) in [6.45, 7) is 1.72. The van der Waals surface area contributed by atoms with Gasteiger partial charge in [0.15, 0.2) is 0 Å². The van der Waals surface area contributed by atoms with E-state index in [9.17, 15) is 9.59 Å². The summed E-state index contributed by atoms with van der Waals surface area (Å²) in [5.74, 6) is 1.94. The van der Waals surface area contributed by atoms with Crippen LogP contribution in [0.1, 0.15) is 31.2 Å².